The Hall–Kier alpha value is -1.30. The monoisotopic (exact) mass is 269 g/mol. The summed E-state index contributed by atoms with van der Waals surface area (Å²) in [7, 11) is 3.44. The van der Waals surface area contributed by atoms with E-state index in [1.807, 2.05) is 0 Å². The summed E-state index contributed by atoms with van der Waals surface area (Å²) in [6.07, 6.45) is 2.17. The summed E-state index contributed by atoms with van der Waals surface area (Å²) in [6.45, 7) is 2.12. The van der Waals surface area contributed by atoms with Crippen molar-refractivity contribution in [1.82, 2.24) is 14.7 Å². The molecule has 108 valence electrons. The Morgan fingerprint density at radius 2 is 1.63 bits per heavy atom. The lowest BCUT2D eigenvalue weighted by Gasteiger charge is -2.38. The fourth-order valence-corrected chi connectivity index (χ4v) is 2.55. The van der Waals surface area contributed by atoms with Crippen LogP contribution in [0.2, 0.25) is 0 Å². The fourth-order valence-electron chi connectivity index (χ4n) is 2.55. The molecule has 1 saturated carbocycles. The predicted molar refractivity (Wildman–Crippen MR) is 70.6 cm³/mol. The van der Waals surface area contributed by atoms with Crippen molar-refractivity contribution in [3.05, 3.63) is 0 Å². The van der Waals surface area contributed by atoms with Crippen molar-refractivity contribution in [2.75, 3.05) is 40.3 Å². The van der Waals surface area contributed by atoms with Gasteiger partial charge in [0, 0.05) is 40.3 Å². The normalized spacial score (nSPS) is 21.8. The van der Waals surface area contributed by atoms with Gasteiger partial charge in [-0.1, -0.05) is 6.42 Å². The van der Waals surface area contributed by atoms with Crippen LogP contribution < -0.4 is 0 Å². The molecule has 0 radical (unpaired) electrons. The van der Waals surface area contributed by atoms with E-state index in [-0.39, 0.29) is 17.9 Å². The lowest BCUT2D eigenvalue weighted by atomic mass is 9.80. The van der Waals surface area contributed by atoms with E-state index in [0.717, 1.165) is 19.3 Å². The van der Waals surface area contributed by atoms with Crippen molar-refractivity contribution in [3.8, 4) is 0 Å². The molecule has 1 atom stereocenters. The summed E-state index contributed by atoms with van der Waals surface area (Å²) >= 11 is 0. The average molecular weight is 269 g/mol. The number of piperazine rings is 1. The third kappa shape index (κ3) is 3.00. The molecule has 6 nitrogen and oxygen atoms in total. The lowest BCUT2D eigenvalue weighted by Crippen LogP contribution is -2.55. The van der Waals surface area contributed by atoms with Crippen molar-refractivity contribution in [2.45, 2.75) is 25.4 Å². The molecule has 1 heterocycles. The number of carbonyl (C=O) groups excluding carboxylic acids is 2. The highest BCUT2D eigenvalue weighted by molar-refractivity contribution is 5.81. The van der Waals surface area contributed by atoms with Crippen LogP contribution in [0.25, 0.3) is 0 Å². The van der Waals surface area contributed by atoms with Crippen LogP contribution in [0.3, 0.4) is 0 Å². The highest BCUT2D eigenvalue weighted by atomic mass is 16.3. The van der Waals surface area contributed by atoms with Gasteiger partial charge < -0.3 is 19.8 Å². The first-order valence-corrected chi connectivity index (χ1v) is 6.94. The van der Waals surface area contributed by atoms with E-state index in [4.69, 9.17) is 0 Å². The van der Waals surface area contributed by atoms with Gasteiger partial charge in [0.15, 0.2) is 0 Å². The molecule has 6 heteroatoms. The molecule has 1 saturated heterocycles. The zero-order valence-corrected chi connectivity index (χ0v) is 11.7. The summed E-state index contributed by atoms with van der Waals surface area (Å²) in [6, 6.07) is -0.0216. The predicted octanol–water partition coefficient (Wildman–Crippen LogP) is -0.0268. The first-order chi connectivity index (χ1) is 9.00. The zero-order valence-electron chi connectivity index (χ0n) is 11.7. The van der Waals surface area contributed by atoms with E-state index in [2.05, 4.69) is 0 Å². The van der Waals surface area contributed by atoms with Gasteiger partial charge in [-0.25, -0.2) is 4.79 Å². The minimum absolute atomic E-state index is 0.0216. The molecule has 1 unspecified atom stereocenters. The van der Waals surface area contributed by atoms with Crippen LogP contribution in [0, 0.1) is 5.92 Å². The Labute approximate surface area is 114 Å². The zero-order chi connectivity index (χ0) is 14.0. The molecule has 0 spiro atoms. The molecular weight excluding hydrogens is 246 g/mol. The van der Waals surface area contributed by atoms with Gasteiger partial charge >= 0.3 is 6.03 Å². The highest BCUT2D eigenvalue weighted by Crippen LogP contribution is 2.30. The molecule has 1 aliphatic heterocycles. The third-order valence-electron chi connectivity index (χ3n) is 4.09. The number of hydrogen-bond donors (Lipinski definition) is 1. The standard InChI is InChI=1S/C13H23N3O3/c1-14(2)13(19)16-8-6-15(7-9-16)12(18)11(17)10-4-3-5-10/h10-11,17H,3-9H2,1-2H3. The maximum atomic E-state index is 12.1. The van der Waals surface area contributed by atoms with Gasteiger partial charge in [0.2, 0.25) is 0 Å². The second-order valence-corrected chi connectivity index (χ2v) is 5.63. The molecule has 0 bridgehead atoms. The van der Waals surface area contributed by atoms with Crippen molar-refractivity contribution < 1.29 is 14.7 Å². The molecule has 19 heavy (non-hydrogen) atoms. The van der Waals surface area contributed by atoms with E-state index in [1.165, 1.54) is 0 Å². The first-order valence-electron chi connectivity index (χ1n) is 6.94. The molecular formula is C13H23N3O3. The van der Waals surface area contributed by atoms with Crippen LogP contribution in [-0.4, -0.2) is 78.1 Å². The second kappa shape index (κ2) is 5.77. The number of hydrogen-bond acceptors (Lipinski definition) is 3. The summed E-state index contributed by atoms with van der Waals surface area (Å²) in [5.41, 5.74) is 0. The molecule has 1 N–H and O–H groups in total. The first kappa shape index (κ1) is 14.1. The minimum atomic E-state index is -0.843. The number of amides is 3. The SMILES string of the molecule is CN(C)C(=O)N1CCN(C(=O)C(O)C2CCC2)CC1. The van der Waals surface area contributed by atoms with Gasteiger partial charge in [0.25, 0.3) is 5.91 Å². The summed E-state index contributed by atoms with van der Waals surface area (Å²) in [5.74, 6) is -0.0180. The number of carbonyl (C=O) groups is 2. The van der Waals surface area contributed by atoms with Gasteiger partial charge in [-0.15, -0.1) is 0 Å². The summed E-state index contributed by atoms with van der Waals surface area (Å²) in [4.78, 5) is 28.8. The van der Waals surface area contributed by atoms with E-state index in [1.54, 1.807) is 28.8 Å². The molecule has 0 aromatic carbocycles. The Morgan fingerprint density at radius 3 is 2.05 bits per heavy atom. The van der Waals surface area contributed by atoms with Crippen LogP contribution in [0.1, 0.15) is 19.3 Å². The third-order valence-corrected chi connectivity index (χ3v) is 4.09. The number of urea groups is 1. The number of aliphatic hydroxyl groups excluding tert-OH is 1. The van der Waals surface area contributed by atoms with Gasteiger partial charge in [-0.3, -0.25) is 4.79 Å². The van der Waals surface area contributed by atoms with Crippen molar-refractivity contribution in [1.29, 1.82) is 0 Å². The molecule has 2 rings (SSSR count). The summed E-state index contributed by atoms with van der Waals surface area (Å²) < 4.78 is 0. The largest absolute Gasteiger partial charge is 0.383 e. The van der Waals surface area contributed by atoms with E-state index >= 15 is 0 Å². The Kier molecular flexibility index (Phi) is 4.29. The number of rotatable bonds is 2. The van der Waals surface area contributed by atoms with Gasteiger partial charge in [-0.05, 0) is 18.8 Å². The minimum Gasteiger partial charge on any atom is -0.383 e. The Balaban J connectivity index is 1.82. The van der Waals surface area contributed by atoms with Crippen LogP contribution in [0.4, 0.5) is 4.79 Å². The van der Waals surface area contributed by atoms with Crippen molar-refractivity contribution in [2.24, 2.45) is 5.92 Å². The van der Waals surface area contributed by atoms with E-state index < -0.39 is 6.10 Å². The van der Waals surface area contributed by atoms with E-state index in [9.17, 15) is 14.7 Å². The van der Waals surface area contributed by atoms with Crippen LogP contribution in [-0.2, 0) is 4.79 Å². The maximum absolute atomic E-state index is 12.1. The molecule has 0 aromatic rings. The smallest absolute Gasteiger partial charge is 0.319 e. The second-order valence-electron chi connectivity index (χ2n) is 5.63. The average Bonchev–Trinajstić information content (AvgIpc) is 2.35. The van der Waals surface area contributed by atoms with E-state index in [0.29, 0.717) is 26.2 Å². The number of nitrogens with zero attached hydrogens (tertiary/aromatic N) is 3. The number of aliphatic hydroxyl groups is 1. The maximum Gasteiger partial charge on any atom is 0.319 e. The Morgan fingerprint density at radius 1 is 1.11 bits per heavy atom. The van der Waals surface area contributed by atoms with Crippen molar-refractivity contribution >= 4 is 11.9 Å². The fraction of sp³-hybridized carbons (Fsp3) is 0.846. The topological polar surface area (TPSA) is 64.1 Å². The molecule has 0 aromatic heterocycles. The molecule has 2 aliphatic rings. The van der Waals surface area contributed by atoms with Crippen LogP contribution in [0.15, 0.2) is 0 Å². The molecule has 1 aliphatic carbocycles. The molecule has 3 amide bonds. The van der Waals surface area contributed by atoms with Gasteiger partial charge in [0.1, 0.15) is 6.10 Å². The van der Waals surface area contributed by atoms with Crippen LogP contribution >= 0.6 is 0 Å². The molecule has 2 fully saturated rings. The van der Waals surface area contributed by atoms with Gasteiger partial charge in [-0.2, -0.15) is 0 Å². The van der Waals surface area contributed by atoms with Gasteiger partial charge in [0.05, 0.1) is 0 Å². The van der Waals surface area contributed by atoms with Crippen molar-refractivity contribution in [3.63, 3.8) is 0 Å². The lowest BCUT2D eigenvalue weighted by molar-refractivity contribution is -0.146. The van der Waals surface area contributed by atoms with Crippen LogP contribution in [0.5, 0.6) is 0 Å². The quantitative estimate of drug-likeness (QED) is 0.766. The summed E-state index contributed by atoms with van der Waals surface area (Å²) in [5, 5.41) is 9.97. The Bertz CT molecular complexity index is 347. The highest BCUT2D eigenvalue weighted by Gasteiger charge is 2.35.